The molecule has 0 heterocycles. The predicted molar refractivity (Wildman–Crippen MR) is 263 cm³/mol. The van der Waals surface area contributed by atoms with E-state index >= 15 is 0 Å². The topological polar surface area (TPSA) is 0 Å². The van der Waals surface area contributed by atoms with Crippen LogP contribution in [0.3, 0.4) is 0 Å². The van der Waals surface area contributed by atoms with Gasteiger partial charge in [-0.1, -0.05) is 243 Å². The van der Waals surface area contributed by atoms with E-state index in [1.807, 2.05) is 0 Å². The Labute approximate surface area is 369 Å². The van der Waals surface area contributed by atoms with E-state index in [-0.39, 0.29) is 0 Å². The first kappa shape index (κ1) is 35.1. The van der Waals surface area contributed by atoms with Crippen molar-refractivity contribution in [3.05, 3.63) is 287 Å². The lowest BCUT2D eigenvalue weighted by molar-refractivity contribution is 0.794. The SMILES string of the molecule is c1ccc([Si](c2ccccc2)(c2ccc3c(c2)C2(c4ccccc4-c4ccccc42)c2ccccc2-3)c2ccc3c(c2)C2(c4ccccc4-c4ccccc42)c2ccccc2-3)cc1. The molecule has 14 rings (SSSR count). The smallest absolute Gasteiger partial charge is 0.0623 e. The molecular weight excluding hydrogens is 773 g/mol. The van der Waals surface area contributed by atoms with Crippen LogP contribution in [0.4, 0.5) is 0 Å². The molecule has 0 aliphatic heterocycles. The van der Waals surface area contributed by atoms with Crippen LogP contribution in [0, 0.1) is 0 Å². The van der Waals surface area contributed by atoms with Gasteiger partial charge in [-0.25, -0.2) is 0 Å². The van der Waals surface area contributed by atoms with Crippen LogP contribution in [0.5, 0.6) is 0 Å². The van der Waals surface area contributed by atoms with Crippen molar-refractivity contribution < 1.29 is 0 Å². The Morgan fingerprint density at radius 3 is 0.714 bits per heavy atom. The Morgan fingerprint density at radius 2 is 0.429 bits per heavy atom. The lowest BCUT2D eigenvalue weighted by atomic mass is 9.70. The van der Waals surface area contributed by atoms with Crippen LogP contribution in [-0.2, 0) is 10.8 Å². The Kier molecular flexibility index (Phi) is 7.09. The molecule has 0 saturated heterocycles. The third-order valence-electron chi connectivity index (χ3n) is 15.3. The highest BCUT2D eigenvalue weighted by Gasteiger charge is 2.55. The van der Waals surface area contributed by atoms with E-state index < -0.39 is 18.9 Å². The van der Waals surface area contributed by atoms with Crippen LogP contribution in [0.2, 0.25) is 0 Å². The molecule has 0 amide bonds. The zero-order valence-corrected chi connectivity index (χ0v) is 35.6. The lowest BCUT2D eigenvalue weighted by Crippen LogP contribution is -2.75. The third-order valence-corrected chi connectivity index (χ3v) is 20.0. The summed E-state index contributed by atoms with van der Waals surface area (Å²) in [7, 11) is -3.09. The quantitative estimate of drug-likeness (QED) is 0.123. The van der Waals surface area contributed by atoms with Crippen LogP contribution in [0.15, 0.2) is 243 Å². The minimum absolute atomic E-state index is 0.441. The van der Waals surface area contributed by atoms with Crippen LogP contribution < -0.4 is 20.7 Å². The summed E-state index contributed by atoms with van der Waals surface area (Å²) in [5, 5.41) is 5.54. The van der Waals surface area contributed by atoms with Crippen LogP contribution >= 0.6 is 0 Å². The van der Waals surface area contributed by atoms with E-state index in [1.165, 1.54) is 110 Å². The van der Waals surface area contributed by atoms with Crippen molar-refractivity contribution in [2.24, 2.45) is 0 Å². The molecule has 4 aliphatic rings. The average molecular weight is 813 g/mol. The largest absolute Gasteiger partial charge is 0.179 e. The van der Waals surface area contributed by atoms with Crippen molar-refractivity contribution in [2.45, 2.75) is 10.8 Å². The number of fused-ring (bicyclic) bond motifs is 20. The second-order valence-corrected chi connectivity index (χ2v) is 21.6. The van der Waals surface area contributed by atoms with Crippen molar-refractivity contribution in [2.75, 3.05) is 0 Å². The molecule has 0 atom stereocenters. The predicted octanol–water partition coefficient (Wildman–Crippen LogP) is 11.8. The summed E-state index contributed by atoms with van der Waals surface area (Å²) in [6.07, 6.45) is 0. The average Bonchev–Trinajstić information content (AvgIpc) is 4.04. The Balaban J connectivity index is 1.11. The van der Waals surface area contributed by atoms with Crippen LogP contribution in [0.1, 0.15) is 44.5 Å². The van der Waals surface area contributed by atoms with E-state index in [0.29, 0.717) is 0 Å². The van der Waals surface area contributed by atoms with Crippen LogP contribution in [0.25, 0.3) is 44.5 Å². The first-order valence-electron chi connectivity index (χ1n) is 22.3. The zero-order valence-electron chi connectivity index (χ0n) is 34.6. The van der Waals surface area contributed by atoms with E-state index in [0.717, 1.165) is 0 Å². The van der Waals surface area contributed by atoms with Crippen molar-refractivity contribution in [3.63, 3.8) is 0 Å². The number of rotatable bonds is 4. The molecule has 0 aromatic heterocycles. The molecule has 0 N–H and O–H groups in total. The van der Waals surface area contributed by atoms with Gasteiger partial charge in [0.15, 0.2) is 8.07 Å². The summed E-state index contributed by atoms with van der Waals surface area (Å²) in [5.74, 6) is 0. The van der Waals surface area contributed by atoms with E-state index in [4.69, 9.17) is 0 Å². The maximum atomic E-state index is 2.67. The first-order valence-corrected chi connectivity index (χ1v) is 24.3. The standard InChI is InChI=1S/C62H40Si/c1-3-19-41(20-4-1)63(42-21-5-2-6-22-42,43-35-37-51-49-27-11-17-33-57(49)61(59(51)39-43)53-29-13-7-23-45(53)46-24-8-14-30-54(46)61)44-36-38-52-50-28-12-18-34-58(50)62(60(52)40-44)55-31-15-9-25-47(55)48-26-10-16-32-56(48)62/h1-40H. The molecule has 0 fully saturated rings. The zero-order chi connectivity index (χ0) is 41.3. The molecule has 63 heavy (non-hydrogen) atoms. The summed E-state index contributed by atoms with van der Waals surface area (Å²) < 4.78 is 0. The Bertz CT molecular complexity index is 3160. The summed E-state index contributed by atoms with van der Waals surface area (Å²) in [6, 6.07) is 93.3. The highest BCUT2D eigenvalue weighted by Crippen LogP contribution is 2.64. The van der Waals surface area contributed by atoms with Gasteiger partial charge in [-0.15, -0.1) is 0 Å². The number of hydrogen-bond acceptors (Lipinski definition) is 0. The minimum Gasteiger partial charge on any atom is -0.0623 e. The maximum absolute atomic E-state index is 3.09. The molecule has 0 saturated carbocycles. The Morgan fingerprint density at radius 1 is 0.190 bits per heavy atom. The second-order valence-electron chi connectivity index (χ2n) is 17.8. The number of hydrogen-bond donors (Lipinski definition) is 0. The molecule has 1 heteroatoms. The van der Waals surface area contributed by atoms with E-state index in [2.05, 4.69) is 243 Å². The molecule has 4 aliphatic carbocycles. The summed E-state index contributed by atoms with van der Waals surface area (Å²) >= 11 is 0. The highest BCUT2D eigenvalue weighted by molar-refractivity contribution is 7.20. The fraction of sp³-hybridized carbons (Fsp3) is 0.0323. The van der Waals surface area contributed by atoms with E-state index in [1.54, 1.807) is 0 Å². The molecule has 0 unspecified atom stereocenters. The fourth-order valence-electron chi connectivity index (χ4n) is 13.0. The van der Waals surface area contributed by atoms with Gasteiger partial charge in [0.1, 0.15) is 0 Å². The van der Waals surface area contributed by atoms with Gasteiger partial charge < -0.3 is 0 Å². The van der Waals surface area contributed by atoms with Gasteiger partial charge >= 0.3 is 0 Å². The molecule has 0 radical (unpaired) electrons. The normalized spacial score (nSPS) is 14.6. The summed E-state index contributed by atoms with van der Waals surface area (Å²) in [4.78, 5) is 0. The number of benzene rings is 10. The second kappa shape index (κ2) is 12.7. The fourth-order valence-corrected chi connectivity index (χ4v) is 17.8. The molecule has 0 bridgehead atoms. The molecule has 2 spiro atoms. The Hall–Kier alpha value is -7.58. The molecular formula is C62H40Si. The minimum atomic E-state index is -3.09. The van der Waals surface area contributed by atoms with Crippen molar-refractivity contribution in [1.29, 1.82) is 0 Å². The van der Waals surface area contributed by atoms with E-state index in [9.17, 15) is 0 Å². The van der Waals surface area contributed by atoms with Gasteiger partial charge in [0.05, 0.1) is 10.8 Å². The van der Waals surface area contributed by atoms with Crippen molar-refractivity contribution in [1.82, 2.24) is 0 Å². The lowest BCUT2D eigenvalue weighted by Gasteiger charge is -2.37. The van der Waals surface area contributed by atoms with Gasteiger partial charge in [-0.05, 0) is 110 Å². The molecule has 0 nitrogen and oxygen atoms in total. The monoisotopic (exact) mass is 812 g/mol. The maximum Gasteiger partial charge on any atom is 0.179 e. The third kappa shape index (κ3) is 4.21. The van der Waals surface area contributed by atoms with Crippen molar-refractivity contribution in [3.8, 4) is 44.5 Å². The van der Waals surface area contributed by atoms with Gasteiger partial charge in [0.2, 0.25) is 0 Å². The van der Waals surface area contributed by atoms with Crippen LogP contribution in [-0.4, -0.2) is 8.07 Å². The first-order chi connectivity index (χ1) is 31.3. The molecule has 10 aromatic carbocycles. The summed E-state index contributed by atoms with van der Waals surface area (Å²) in [5.41, 5.74) is 20.7. The molecule has 292 valence electrons. The van der Waals surface area contributed by atoms with Gasteiger partial charge in [0, 0.05) is 0 Å². The summed E-state index contributed by atoms with van der Waals surface area (Å²) in [6.45, 7) is 0. The highest BCUT2D eigenvalue weighted by atomic mass is 28.3. The van der Waals surface area contributed by atoms with Gasteiger partial charge in [-0.2, -0.15) is 0 Å². The molecule has 10 aromatic rings. The van der Waals surface area contributed by atoms with Gasteiger partial charge in [0.25, 0.3) is 0 Å². The van der Waals surface area contributed by atoms with Crippen molar-refractivity contribution >= 4 is 28.8 Å². The van der Waals surface area contributed by atoms with Gasteiger partial charge in [-0.3, -0.25) is 0 Å².